The summed E-state index contributed by atoms with van der Waals surface area (Å²) in [6, 6.07) is 0. The average Bonchev–Trinajstić information content (AvgIpc) is 1.35. The zero-order valence-electron chi connectivity index (χ0n) is 5.16. The molecule has 0 aromatic rings. The molecular weight excluding hydrogens is 162 g/mol. The van der Waals surface area contributed by atoms with Gasteiger partial charge in [-0.3, -0.25) is 0 Å². The van der Waals surface area contributed by atoms with E-state index >= 15 is 0 Å². The van der Waals surface area contributed by atoms with Crippen molar-refractivity contribution in [3.63, 3.8) is 0 Å². The average molecular weight is 168 g/mol. The summed E-state index contributed by atoms with van der Waals surface area (Å²) < 4.78 is 3.97. The second-order valence-electron chi connectivity index (χ2n) is 0.673. The van der Waals surface area contributed by atoms with Gasteiger partial charge in [0.2, 0.25) is 0 Å². The van der Waals surface area contributed by atoms with Crippen LogP contribution in [0.2, 0.25) is 0 Å². The molecule has 0 heterocycles. The first-order valence-electron chi connectivity index (χ1n) is 1.17. The summed E-state index contributed by atoms with van der Waals surface area (Å²) in [4.78, 5) is 16.2. The van der Waals surface area contributed by atoms with Crippen LogP contribution in [0.1, 0.15) is 1.43 Å². The van der Waals surface area contributed by atoms with Gasteiger partial charge in [-0.2, -0.15) is 0 Å². The molecule has 0 bridgehead atoms. The smallest absolute Gasteiger partial charge is 1.00 e. The molecule has 0 aliphatic heterocycles. The van der Waals surface area contributed by atoms with Gasteiger partial charge >= 0.3 is 58.1 Å². The zero-order valence-corrected chi connectivity index (χ0v) is 8.99. The van der Waals surface area contributed by atoms with Gasteiger partial charge in [-0.25, -0.2) is 0 Å². The van der Waals surface area contributed by atoms with E-state index in [4.69, 9.17) is 9.79 Å². The largest absolute Gasteiger partial charge is 1.00 e. The molecule has 0 saturated heterocycles. The van der Waals surface area contributed by atoms with Crippen LogP contribution in [0.25, 0.3) is 0 Å². The van der Waals surface area contributed by atoms with Crippen molar-refractivity contribution in [3.8, 4) is 0 Å². The van der Waals surface area contributed by atoms with Crippen molar-refractivity contribution < 1.29 is 67.1 Å². The van der Waals surface area contributed by atoms with E-state index in [9.17, 15) is 0 Å². The van der Waals surface area contributed by atoms with Crippen LogP contribution in [0.3, 0.4) is 0 Å². The van der Waals surface area contributed by atoms with Gasteiger partial charge < -0.3 is 15.7 Å². The summed E-state index contributed by atoms with van der Waals surface area (Å²) in [5, 5.41) is 0. The van der Waals surface area contributed by atoms with Gasteiger partial charge in [-0.1, -0.05) is 0 Å². The summed E-state index contributed by atoms with van der Waals surface area (Å²) in [5.41, 5.74) is 0. The molecule has 0 atom stereocenters. The number of hydrogen-bond acceptors (Lipinski definition) is 2. The Morgan fingerprint density at radius 1 is 1.71 bits per heavy atom. The summed E-state index contributed by atoms with van der Waals surface area (Å²) in [5.74, 6) is 0. The van der Waals surface area contributed by atoms with Crippen LogP contribution >= 0.6 is 6.72 Å². The molecular formula is CH6KO3PS. The topological polar surface area (TPSA) is 49.7 Å². The van der Waals surface area contributed by atoms with E-state index in [-0.39, 0.29) is 52.8 Å². The second-order valence-corrected chi connectivity index (χ2v) is 3.45. The normalized spacial score (nSPS) is 10.1. The maximum Gasteiger partial charge on any atom is 1.00 e. The fraction of sp³-hybridized carbons (Fsp3) is 1.00. The SMILES string of the molecule is COP(O)(O)=S.[H-].[K+]. The van der Waals surface area contributed by atoms with Crippen LogP contribution in [0, 0.1) is 0 Å². The molecule has 0 fully saturated rings. The summed E-state index contributed by atoms with van der Waals surface area (Å²) in [7, 11) is 1.15. The van der Waals surface area contributed by atoms with Crippen LogP contribution in [0.4, 0.5) is 0 Å². The van der Waals surface area contributed by atoms with E-state index in [1.54, 1.807) is 0 Å². The van der Waals surface area contributed by atoms with Gasteiger partial charge in [0.05, 0.1) is 0 Å². The summed E-state index contributed by atoms with van der Waals surface area (Å²) >= 11 is 3.99. The van der Waals surface area contributed by atoms with Crippen LogP contribution in [0.5, 0.6) is 0 Å². The predicted molar refractivity (Wildman–Crippen MR) is 26.8 cm³/mol. The Labute approximate surface area is 91.2 Å². The Kier molecular flexibility index (Phi) is 8.49. The van der Waals surface area contributed by atoms with E-state index in [1.165, 1.54) is 0 Å². The molecule has 0 aromatic carbocycles. The predicted octanol–water partition coefficient (Wildman–Crippen LogP) is -3.04. The van der Waals surface area contributed by atoms with Crippen molar-refractivity contribution in [1.82, 2.24) is 0 Å². The minimum atomic E-state index is -3.31. The van der Waals surface area contributed by atoms with Gasteiger partial charge in [0.15, 0.2) is 0 Å². The zero-order chi connectivity index (χ0) is 5.21. The van der Waals surface area contributed by atoms with Crippen LogP contribution < -0.4 is 51.4 Å². The second kappa shape index (κ2) is 4.99. The molecule has 7 heavy (non-hydrogen) atoms. The molecule has 0 aliphatic carbocycles. The van der Waals surface area contributed by atoms with Gasteiger partial charge in [-0.05, 0) is 11.8 Å². The Morgan fingerprint density at radius 3 is 1.86 bits per heavy atom. The van der Waals surface area contributed by atoms with Crippen molar-refractivity contribution in [3.05, 3.63) is 0 Å². The Balaban J connectivity index is -0.000000125. The first-order chi connectivity index (χ1) is 2.56. The minimum Gasteiger partial charge on any atom is -1.00 e. The quantitative estimate of drug-likeness (QED) is 0.323. The van der Waals surface area contributed by atoms with Crippen molar-refractivity contribution in [2.45, 2.75) is 0 Å². The standard InChI is InChI=1S/CH5O3PS.K.H/c1-4-5(2,3)6;;/h1H3,(H2,2,3,6);;/q;+1;-1. The third-order valence-corrected chi connectivity index (χ3v) is 1.16. The van der Waals surface area contributed by atoms with Gasteiger partial charge in [0, 0.05) is 7.11 Å². The molecule has 0 aliphatic rings. The molecule has 2 N–H and O–H groups in total. The van der Waals surface area contributed by atoms with Crippen LogP contribution in [-0.4, -0.2) is 16.9 Å². The number of rotatable bonds is 1. The molecule has 3 nitrogen and oxygen atoms in total. The minimum absolute atomic E-state index is 0. The Hall–Kier alpha value is 2.17. The Bertz CT molecular complexity index is 83.4. The van der Waals surface area contributed by atoms with E-state index in [1.807, 2.05) is 0 Å². The fourth-order valence-electron chi connectivity index (χ4n) is 0. The first kappa shape index (κ1) is 11.9. The van der Waals surface area contributed by atoms with Crippen molar-refractivity contribution in [2.75, 3.05) is 7.11 Å². The van der Waals surface area contributed by atoms with Gasteiger partial charge in [0.1, 0.15) is 0 Å². The molecule has 6 heteroatoms. The fourth-order valence-corrected chi connectivity index (χ4v) is 0. The maximum absolute atomic E-state index is 8.09. The molecule has 0 spiro atoms. The van der Waals surface area contributed by atoms with Crippen LogP contribution in [0.15, 0.2) is 0 Å². The molecule has 40 valence electrons. The molecule has 0 saturated carbocycles. The molecule has 0 aromatic heterocycles. The van der Waals surface area contributed by atoms with E-state index in [0.29, 0.717) is 0 Å². The number of hydrogen-bond donors (Lipinski definition) is 2. The summed E-state index contributed by atoms with van der Waals surface area (Å²) in [6.45, 7) is -3.31. The maximum atomic E-state index is 8.09. The van der Waals surface area contributed by atoms with Crippen molar-refractivity contribution in [2.24, 2.45) is 0 Å². The van der Waals surface area contributed by atoms with E-state index < -0.39 is 6.72 Å². The first-order valence-corrected chi connectivity index (χ1v) is 3.80. The van der Waals surface area contributed by atoms with E-state index in [2.05, 4.69) is 16.3 Å². The molecule has 0 amide bonds. The molecule has 0 unspecified atom stereocenters. The third-order valence-electron chi connectivity index (χ3n) is 0.238. The van der Waals surface area contributed by atoms with Gasteiger partial charge in [0.25, 0.3) is 0 Å². The van der Waals surface area contributed by atoms with Crippen LogP contribution in [-0.2, 0) is 16.3 Å². The van der Waals surface area contributed by atoms with Crippen molar-refractivity contribution >= 4 is 18.5 Å². The third kappa shape index (κ3) is 11.6. The Morgan fingerprint density at radius 2 is 1.86 bits per heavy atom. The summed E-state index contributed by atoms with van der Waals surface area (Å²) in [6.07, 6.45) is 0. The monoisotopic (exact) mass is 168 g/mol. The molecule has 0 rings (SSSR count). The van der Waals surface area contributed by atoms with Gasteiger partial charge in [-0.15, -0.1) is 0 Å². The molecule has 0 radical (unpaired) electrons. The van der Waals surface area contributed by atoms with E-state index in [0.717, 1.165) is 7.11 Å². The van der Waals surface area contributed by atoms with Crippen molar-refractivity contribution in [1.29, 1.82) is 0 Å².